The Hall–Kier alpha value is -0.630. The van der Waals surface area contributed by atoms with Gasteiger partial charge < -0.3 is 14.5 Å². The molecule has 1 aliphatic heterocycles. The van der Waals surface area contributed by atoms with E-state index in [1.807, 2.05) is 0 Å². The van der Waals surface area contributed by atoms with Crippen molar-refractivity contribution in [2.45, 2.75) is 25.5 Å². The van der Waals surface area contributed by atoms with Crippen LogP contribution in [0.2, 0.25) is 0 Å². The second-order valence-electron chi connectivity index (χ2n) is 4.41. The maximum atomic E-state index is 8.62. The summed E-state index contributed by atoms with van der Waals surface area (Å²) in [6.45, 7) is 5.82. The summed E-state index contributed by atoms with van der Waals surface area (Å²) in [7, 11) is 4.17. The van der Waals surface area contributed by atoms with E-state index < -0.39 is 0 Å². The SMILES string of the molecule is CC(CC#N)N(C)CC1CN(C)CCO1. The number of hydrogen-bond acceptors (Lipinski definition) is 4. The molecule has 1 fully saturated rings. The molecule has 0 amide bonds. The quantitative estimate of drug-likeness (QED) is 0.681. The average molecular weight is 211 g/mol. The fourth-order valence-electron chi connectivity index (χ4n) is 1.77. The molecule has 0 aromatic heterocycles. The average Bonchev–Trinajstić information content (AvgIpc) is 2.18. The van der Waals surface area contributed by atoms with Crippen molar-refractivity contribution in [1.29, 1.82) is 5.26 Å². The van der Waals surface area contributed by atoms with E-state index in [0.29, 0.717) is 12.5 Å². The van der Waals surface area contributed by atoms with Gasteiger partial charge in [-0.05, 0) is 21.0 Å². The Morgan fingerprint density at radius 1 is 1.67 bits per heavy atom. The van der Waals surface area contributed by atoms with Crippen LogP contribution in [0, 0.1) is 11.3 Å². The van der Waals surface area contributed by atoms with E-state index in [1.54, 1.807) is 0 Å². The zero-order valence-corrected chi connectivity index (χ0v) is 9.94. The smallest absolute Gasteiger partial charge is 0.0829 e. The molecular weight excluding hydrogens is 190 g/mol. The first-order chi connectivity index (χ1) is 7.13. The summed E-state index contributed by atoms with van der Waals surface area (Å²) in [5, 5.41) is 8.62. The predicted molar refractivity (Wildman–Crippen MR) is 59.6 cm³/mol. The van der Waals surface area contributed by atoms with Crippen LogP contribution in [0.4, 0.5) is 0 Å². The van der Waals surface area contributed by atoms with Gasteiger partial charge in [0.1, 0.15) is 0 Å². The number of hydrogen-bond donors (Lipinski definition) is 0. The lowest BCUT2D eigenvalue weighted by Crippen LogP contribution is -2.46. The summed E-state index contributed by atoms with van der Waals surface area (Å²) >= 11 is 0. The maximum Gasteiger partial charge on any atom is 0.0829 e. The summed E-state index contributed by atoms with van der Waals surface area (Å²) in [5.74, 6) is 0. The summed E-state index contributed by atoms with van der Waals surface area (Å²) in [6, 6.07) is 2.51. The fraction of sp³-hybridized carbons (Fsp3) is 0.909. The van der Waals surface area contributed by atoms with Gasteiger partial charge in [-0.1, -0.05) is 0 Å². The normalized spacial score (nSPS) is 25.1. The second-order valence-corrected chi connectivity index (χ2v) is 4.41. The van der Waals surface area contributed by atoms with Crippen molar-refractivity contribution in [2.24, 2.45) is 0 Å². The van der Waals surface area contributed by atoms with Crippen molar-refractivity contribution in [2.75, 3.05) is 40.3 Å². The van der Waals surface area contributed by atoms with Gasteiger partial charge in [-0.15, -0.1) is 0 Å². The van der Waals surface area contributed by atoms with Gasteiger partial charge in [0.15, 0.2) is 0 Å². The zero-order valence-electron chi connectivity index (χ0n) is 9.94. The van der Waals surface area contributed by atoms with Gasteiger partial charge in [-0.3, -0.25) is 0 Å². The van der Waals surface area contributed by atoms with Crippen LogP contribution in [0.5, 0.6) is 0 Å². The third-order valence-corrected chi connectivity index (χ3v) is 2.97. The van der Waals surface area contributed by atoms with E-state index in [-0.39, 0.29) is 6.10 Å². The van der Waals surface area contributed by atoms with E-state index in [2.05, 4.69) is 36.9 Å². The van der Waals surface area contributed by atoms with Crippen LogP contribution in [0.25, 0.3) is 0 Å². The van der Waals surface area contributed by atoms with Crippen LogP contribution in [0.3, 0.4) is 0 Å². The van der Waals surface area contributed by atoms with Crippen LogP contribution >= 0.6 is 0 Å². The van der Waals surface area contributed by atoms with E-state index in [1.165, 1.54) is 0 Å². The van der Waals surface area contributed by atoms with E-state index >= 15 is 0 Å². The highest BCUT2D eigenvalue weighted by Crippen LogP contribution is 2.07. The molecule has 4 nitrogen and oxygen atoms in total. The van der Waals surface area contributed by atoms with E-state index in [9.17, 15) is 0 Å². The highest BCUT2D eigenvalue weighted by Gasteiger charge is 2.20. The van der Waals surface area contributed by atoms with Crippen LogP contribution < -0.4 is 0 Å². The summed E-state index contributed by atoms with van der Waals surface area (Å²) in [5.41, 5.74) is 0. The predicted octanol–water partition coefficient (Wildman–Crippen LogP) is 0.551. The van der Waals surface area contributed by atoms with Crippen molar-refractivity contribution < 1.29 is 4.74 Å². The Morgan fingerprint density at radius 2 is 2.40 bits per heavy atom. The van der Waals surface area contributed by atoms with Crippen molar-refractivity contribution in [3.63, 3.8) is 0 Å². The van der Waals surface area contributed by atoms with Crippen molar-refractivity contribution in [3.8, 4) is 6.07 Å². The molecule has 0 spiro atoms. The first-order valence-corrected chi connectivity index (χ1v) is 5.50. The number of rotatable bonds is 4. The third-order valence-electron chi connectivity index (χ3n) is 2.97. The second kappa shape index (κ2) is 6.06. The zero-order chi connectivity index (χ0) is 11.3. The van der Waals surface area contributed by atoms with Gasteiger partial charge in [0.05, 0.1) is 25.2 Å². The largest absolute Gasteiger partial charge is 0.374 e. The molecular formula is C11H21N3O. The fourth-order valence-corrected chi connectivity index (χ4v) is 1.77. The van der Waals surface area contributed by atoms with Gasteiger partial charge >= 0.3 is 0 Å². The van der Waals surface area contributed by atoms with Gasteiger partial charge in [0.2, 0.25) is 0 Å². The van der Waals surface area contributed by atoms with Crippen molar-refractivity contribution in [1.82, 2.24) is 9.80 Å². The van der Waals surface area contributed by atoms with Crippen LogP contribution in [0.15, 0.2) is 0 Å². The first-order valence-electron chi connectivity index (χ1n) is 5.50. The summed E-state index contributed by atoms with van der Waals surface area (Å²) < 4.78 is 5.68. The molecule has 1 heterocycles. The molecule has 2 atom stereocenters. The molecule has 2 unspecified atom stereocenters. The highest BCUT2D eigenvalue weighted by atomic mass is 16.5. The molecule has 4 heteroatoms. The number of nitriles is 1. The van der Waals surface area contributed by atoms with Crippen molar-refractivity contribution in [3.05, 3.63) is 0 Å². The topological polar surface area (TPSA) is 39.5 Å². The minimum absolute atomic E-state index is 0.287. The van der Waals surface area contributed by atoms with Gasteiger partial charge in [0.25, 0.3) is 0 Å². The number of morpholine rings is 1. The Kier molecular flexibility index (Phi) is 5.03. The van der Waals surface area contributed by atoms with Crippen molar-refractivity contribution >= 4 is 0 Å². The van der Waals surface area contributed by atoms with E-state index in [0.717, 1.165) is 26.2 Å². The monoisotopic (exact) mass is 211 g/mol. The third kappa shape index (κ3) is 4.17. The standard InChI is InChI=1S/C11H21N3O/c1-10(4-5-12)14(3)9-11-8-13(2)6-7-15-11/h10-11H,4,6-9H2,1-3H3. The molecule has 0 aromatic carbocycles. The molecule has 0 saturated carbocycles. The Morgan fingerprint density at radius 3 is 3.00 bits per heavy atom. The minimum atomic E-state index is 0.287. The molecule has 15 heavy (non-hydrogen) atoms. The number of ether oxygens (including phenoxy) is 1. The highest BCUT2D eigenvalue weighted by molar-refractivity contribution is 4.80. The molecule has 1 rings (SSSR count). The molecule has 0 bridgehead atoms. The van der Waals surface area contributed by atoms with Gasteiger partial charge in [-0.25, -0.2) is 0 Å². The molecule has 1 aliphatic rings. The van der Waals surface area contributed by atoms with E-state index in [4.69, 9.17) is 10.00 Å². The Balaban J connectivity index is 2.30. The number of nitrogens with zero attached hydrogens (tertiary/aromatic N) is 3. The lowest BCUT2D eigenvalue weighted by Gasteiger charge is -2.34. The Bertz CT molecular complexity index is 226. The molecule has 0 N–H and O–H groups in total. The molecule has 0 aromatic rings. The lowest BCUT2D eigenvalue weighted by atomic mass is 10.2. The molecule has 86 valence electrons. The molecule has 0 aliphatic carbocycles. The molecule has 0 radical (unpaired) electrons. The van der Waals surface area contributed by atoms with Gasteiger partial charge in [-0.2, -0.15) is 5.26 Å². The maximum absolute atomic E-state index is 8.62. The molecule has 1 saturated heterocycles. The first kappa shape index (κ1) is 12.4. The minimum Gasteiger partial charge on any atom is -0.374 e. The number of likely N-dealkylation sites (N-methyl/N-ethyl adjacent to an activating group) is 2. The van der Waals surface area contributed by atoms with Crippen LogP contribution in [0.1, 0.15) is 13.3 Å². The van der Waals surface area contributed by atoms with Crippen LogP contribution in [-0.4, -0.2) is 62.3 Å². The summed E-state index contributed by atoms with van der Waals surface area (Å²) in [6.07, 6.45) is 0.869. The Labute approximate surface area is 92.4 Å². The summed E-state index contributed by atoms with van der Waals surface area (Å²) in [4.78, 5) is 4.49. The van der Waals surface area contributed by atoms with Gasteiger partial charge in [0, 0.05) is 25.7 Å². The lowest BCUT2D eigenvalue weighted by molar-refractivity contribution is -0.0363. The van der Waals surface area contributed by atoms with Crippen LogP contribution in [-0.2, 0) is 4.74 Å².